The second-order valence-electron chi connectivity index (χ2n) is 4.27. The molecule has 18 heavy (non-hydrogen) atoms. The van der Waals surface area contributed by atoms with Crippen LogP contribution in [-0.4, -0.2) is 25.7 Å². The molecule has 1 aromatic rings. The lowest BCUT2D eigenvalue weighted by molar-refractivity contribution is -0.117. The molecule has 0 radical (unpaired) electrons. The van der Waals surface area contributed by atoms with Crippen molar-refractivity contribution in [1.82, 2.24) is 0 Å². The third-order valence-electron chi connectivity index (χ3n) is 2.99. The van der Waals surface area contributed by atoms with Crippen molar-refractivity contribution in [2.75, 3.05) is 23.9 Å². The van der Waals surface area contributed by atoms with Crippen molar-refractivity contribution in [2.45, 2.75) is 19.8 Å². The number of methoxy groups -OCH3 is 1. The number of nitrogens with zero attached hydrogens (tertiary/aromatic N) is 1. The molecular weight excluding hydrogens is 232 g/mol. The quantitative estimate of drug-likeness (QED) is 0.873. The molecule has 1 aliphatic rings. The molecule has 2 rings (SSSR count). The summed E-state index contributed by atoms with van der Waals surface area (Å²) in [5.41, 5.74) is 2.53. The van der Waals surface area contributed by atoms with Crippen LogP contribution in [0.2, 0.25) is 0 Å². The molecular formula is C13H16N2O3. The van der Waals surface area contributed by atoms with Crippen LogP contribution in [-0.2, 0) is 9.53 Å². The van der Waals surface area contributed by atoms with Crippen LogP contribution in [0, 0.1) is 6.92 Å². The number of carbonyl (C=O) groups is 2. The van der Waals surface area contributed by atoms with Crippen molar-refractivity contribution >= 4 is 23.4 Å². The summed E-state index contributed by atoms with van der Waals surface area (Å²) >= 11 is 0. The van der Waals surface area contributed by atoms with Gasteiger partial charge in [-0.1, -0.05) is 0 Å². The average molecular weight is 248 g/mol. The molecule has 0 unspecified atom stereocenters. The highest BCUT2D eigenvalue weighted by molar-refractivity contribution is 5.96. The number of rotatable bonds is 2. The fraction of sp³-hybridized carbons (Fsp3) is 0.385. The largest absolute Gasteiger partial charge is 0.453 e. The Labute approximate surface area is 106 Å². The predicted molar refractivity (Wildman–Crippen MR) is 68.8 cm³/mol. The second-order valence-corrected chi connectivity index (χ2v) is 4.27. The molecule has 0 atom stereocenters. The molecule has 1 aliphatic heterocycles. The molecule has 96 valence electrons. The van der Waals surface area contributed by atoms with E-state index in [1.54, 1.807) is 11.0 Å². The summed E-state index contributed by atoms with van der Waals surface area (Å²) in [6.07, 6.45) is 1.02. The van der Waals surface area contributed by atoms with Gasteiger partial charge < -0.3 is 9.64 Å². The molecule has 1 saturated heterocycles. The summed E-state index contributed by atoms with van der Waals surface area (Å²) in [6.45, 7) is 2.69. The molecule has 0 saturated carbocycles. The van der Waals surface area contributed by atoms with Crippen molar-refractivity contribution in [3.8, 4) is 0 Å². The Morgan fingerprint density at radius 3 is 2.78 bits per heavy atom. The highest BCUT2D eigenvalue weighted by Gasteiger charge is 2.22. The minimum absolute atomic E-state index is 0.159. The Bertz CT molecular complexity index is 485. The molecule has 0 spiro atoms. The van der Waals surface area contributed by atoms with Crippen molar-refractivity contribution in [1.29, 1.82) is 0 Å². The Hall–Kier alpha value is -2.04. The lowest BCUT2D eigenvalue weighted by atomic mass is 10.1. The van der Waals surface area contributed by atoms with Crippen LogP contribution in [0.25, 0.3) is 0 Å². The zero-order chi connectivity index (χ0) is 13.1. The van der Waals surface area contributed by atoms with E-state index >= 15 is 0 Å². The smallest absolute Gasteiger partial charge is 0.411 e. The fourth-order valence-corrected chi connectivity index (χ4v) is 2.11. The first-order chi connectivity index (χ1) is 8.61. The molecule has 1 N–H and O–H groups in total. The van der Waals surface area contributed by atoms with Gasteiger partial charge in [0.15, 0.2) is 0 Å². The Morgan fingerprint density at radius 2 is 2.22 bits per heavy atom. The third-order valence-corrected chi connectivity index (χ3v) is 2.99. The van der Waals surface area contributed by atoms with Gasteiger partial charge >= 0.3 is 6.09 Å². The summed E-state index contributed by atoms with van der Waals surface area (Å²) in [5.74, 6) is 0.159. The first kappa shape index (κ1) is 12.4. The highest BCUT2D eigenvalue weighted by Crippen LogP contribution is 2.27. The van der Waals surface area contributed by atoms with Gasteiger partial charge in [0.1, 0.15) is 0 Å². The van der Waals surface area contributed by atoms with Crippen LogP contribution in [0.3, 0.4) is 0 Å². The van der Waals surface area contributed by atoms with Gasteiger partial charge in [-0.05, 0) is 37.1 Å². The summed E-state index contributed by atoms with van der Waals surface area (Å²) < 4.78 is 4.53. The van der Waals surface area contributed by atoms with Gasteiger partial charge in [-0.3, -0.25) is 10.1 Å². The number of hydrogen-bond donors (Lipinski definition) is 1. The number of hydrogen-bond acceptors (Lipinski definition) is 3. The topological polar surface area (TPSA) is 58.6 Å². The molecule has 0 aliphatic carbocycles. The van der Waals surface area contributed by atoms with Crippen LogP contribution in [0.5, 0.6) is 0 Å². The number of carbonyl (C=O) groups excluding carboxylic acids is 2. The van der Waals surface area contributed by atoms with Gasteiger partial charge in [0.05, 0.1) is 7.11 Å². The van der Waals surface area contributed by atoms with Gasteiger partial charge in [-0.25, -0.2) is 4.79 Å². The predicted octanol–water partition coefficient (Wildman–Crippen LogP) is 2.30. The molecule has 0 aromatic heterocycles. The number of nitrogens with one attached hydrogen (secondary N) is 1. The maximum Gasteiger partial charge on any atom is 0.411 e. The number of amides is 2. The van der Waals surface area contributed by atoms with E-state index < -0.39 is 6.09 Å². The molecule has 1 heterocycles. The van der Waals surface area contributed by atoms with E-state index in [9.17, 15) is 9.59 Å². The minimum Gasteiger partial charge on any atom is -0.453 e. The molecule has 1 aromatic carbocycles. The Morgan fingerprint density at radius 1 is 1.44 bits per heavy atom. The molecule has 5 heteroatoms. The molecule has 1 fully saturated rings. The van der Waals surface area contributed by atoms with Gasteiger partial charge in [0.25, 0.3) is 0 Å². The monoisotopic (exact) mass is 248 g/mol. The Kier molecular flexibility index (Phi) is 3.50. The number of anilines is 2. The van der Waals surface area contributed by atoms with E-state index in [0.717, 1.165) is 24.2 Å². The summed E-state index contributed by atoms with van der Waals surface area (Å²) in [5, 5.41) is 2.60. The lowest BCUT2D eigenvalue weighted by Crippen LogP contribution is -2.24. The number of benzene rings is 1. The zero-order valence-corrected chi connectivity index (χ0v) is 10.5. The van der Waals surface area contributed by atoms with E-state index in [1.165, 1.54) is 7.11 Å². The average Bonchev–Trinajstić information content (AvgIpc) is 2.75. The van der Waals surface area contributed by atoms with Crippen LogP contribution in [0.15, 0.2) is 18.2 Å². The standard InChI is InChI=1S/C13H16N2O3/c1-9-8-10(14-13(17)18-2)5-6-11(9)15-7-3-4-12(15)16/h5-6,8H,3-4,7H2,1-2H3,(H,14,17). The molecule has 5 nitrogen and oxygen atoms in total. The van der Waals surface area contributed by atoms with Gasteiger partial charge in [0, 0.05) is 24.3 Å². The highest BCUT2D eigenvalue weighted by atomic mass is 16.5. The van der Waals surface area contributed by atoms with E-state index in [4.69, 9.17) is 0 Å². The maximum absolute atomic E-state index is 11.7. The minimum atomic E-state index is -0.501. The fourth-order valence-electron chi connectivity index (χ4n) is 2.11. The van der Waals surface area contributed by atoms with Crippen molar-refractivity contribution < 1.29 is 14.3 Å². The van der Waals surface area contributed by atoms with Crippen molar-refractivity contribution in [3.05, 3.63) is 23.8 Å². The second kappa shape index (κ2) is 5.08. The van der Waals surface area contributed by atoms with Gasteiger partial charge in [-0.2, -0.15) is 0 Å². The van der Waals surface area contributed by atoms with Crippen LogP contribution >= 0.6 is 0 Å². The molecule has 2 amide bonds. The normalized spacial score (nSPS) is 14.8. The van der Waals surface area contributed by atoms with Crippen molar-refractivity contribution in [2.24, 2.45) is 0 Å². The van der Waals surface area contributed by atoms with E-state index in [1.807, 2.05) is 19.1 Å². The SMILES string of the molecule is COC(=O)Nc1ccc(N2CCCC2=O)c(C)c1. The first-order valence-corrected chi connectivity index (χ1v) is 5.88. The van der Waals surface area contributed by atoms with Crippen molar-refractivity contribution in [3.63, 3.8) is 0 Å². The van der Waals surface area contributed by atoms with Crippen LogP contribution in [0.4, 0.5) is 16.2 Å². The summed E-state index contributed by atoms with van der Waals surface area (Å²) in [6, 6.07) is 5.45. The number of ether oxygens (including phenoxy) is 1. The van der Waals surface area contributed by atoms with E-state index in [-0.39, 0.29) is 5.91 Å². The molecule has 0 bridgehead atoms. The van der Waals surface area contributed by atoms with Crippen LogP contribution < -0.4 is 10.2 Å². The zero-order valence-electron chi connectivity index (χ0n) is 10.5. The maximum atomic E-state index is 11.7. The van der Waals surface area contributed by atoms with E-state index in [0.29, 0.717) is 12.1 Å². The summed E-state index contributed by atoms with van der Waals surface area (Å²) in [7, 11) is 1.32. The van der Waals surface area contributed by atoms with Crippen LogP contribution in [0.1, 0.15) is 18.4 Å². The first-order valence-electron chi connectivity index (χ1n) is 5.88. The third kappa shape index (κ3) is 2.45. The Balaban J connectivity index is 2.19. The van der Waals surface area contributed by atoms with Gasteiger partial charge in [-0.15, -0.1) is 0 Å². The summed E-state index contributed by atoms with van der Waals surface area (Å²) in [4.78, 5) is 24.5. The lowest BCUT2D eigenvalue weighted by Gasteiger charge is -2.19. The number of aryl methyl sites for hydroxylation is 1. The van der Waals surface area contributed by atoms with E-state index in [2.05, 4.69) is 10.1 Å². The van der Waals surface area contributed by atoms with Gasteiger partial charge in [0.2, 0.25) is 5.91 Å².